The predicted molar refractivity (Wildman–Crippen MR) is 195 cm³/mol. The SMILES string of the molecule is CSc1nc(-c2ccc(Br)cn2)nn1COCC[Si](C)(C)C.C[Si](C)(C)CCOCn1nc(-c2ccc(Br)cn2)nc1S(C)(=O)=O. The first-order valence-corrected chi connectivity index (χ1v) is 26.6. The lowest BCUT2D eigenvalue weighted by Gasteiger charge is -2.15. The minimum atomic E-state index is -3.51. The maximum atomic E-state index is 11.9. The molecule has 4 heterocycles. The Kier molecular flexibility index (Phi) is 14.3. The Balaban J connectivity index is 0.000000251. The van der Waals surface area contributed by atoms with Gasteiger partial charge in [0, 0.05) is 57.0 Å². The number of sulfone groups is 1. The van der Waals surface area contributed by atoms with Crippen molar-refractivity contribution >= 4 is 69.6 Å². The Morgan fingerprint density at radius 3 is 1.63 bits per heavy atom. The summed E-state index contributed by atoms with van der Waals surface area (Å²) in [6, 6.07) is 9.51. The summed E-state index contributed by atoms with van der Waals surface area (Å²) in [6.45, 7) is 15.6. The summed E-state index contributed by atoms with van der Waals surface area (Å²) in [5, 5.41) is 9.48. The van der Waals surface area contributed by atoms with E-state index in [2.05, 4.69) is 101 Å². The molecule has 0 aliphatic rings. The Labute approximate surface area is 294 Å². The molecule has 0 saturated heterocycles. The monoisotopic (exact) mass is 832 g/mol. The van der Waals surface area contributed by atoms with Gasteiger partial charge in [-0.25, -0.2) is 17.8 Å². The van der Waals surface area contributed by atoms with E-state index in [1.54, 1.807) is 41.0 Å². The van der Waals surface area contributed by atoms with Gasteiger partial charge in [0.1, 0.15) is 24.8 Å². The quantitative estimate of drug-likeness (QED) is 0.0741. The van der Waals surface area contributed by atoms with E-state index in [0.29, 0.717) is 24.9 Å². The van der Waals surface area contributed by atoms with Crippen LogP contribution in [-0.2, 0) is 32.8 Å². The number of aromatic nitrogens is 8. The molecule has 0 radical (unpaired) electrons. The van der Waals surface area contributed by atoms with E-state index < -0.39 is 26.0 Å². The molecule has 252 valence electrons. The van der Waals surface area contributed by atoms with Crippen LogP contribution in [0.3, 0.4) is 0 Å². The van der Waals surface area contributed by atoms with Crippen molar-refractivity contribution in [2.75, 3.05) is 25.7 Å². The molecule has 18 heteroatoms. The van der Waals surface area contributed by atoms with Crippen molar-refractivity contribution in [2.45, 2.75) is 75.1 Å². The van der Waals surface area contributed by atoms with E-state index in [9.17, 15) is 8.42 Å². The van der Waals surface area contributed by atoms with E-state index in [1.165, 1.54) is 4.68 Å². The lowest BCUT2D eigenvalue weighted by Crippen LogP contribution is -2.22. The van der Waals surface area contributed by atoms with Crippen molar-refractivity contribution in [1.82, 2.24) is 39.5 Å². The molecule has 0 aliphatic heterocycles. The van der Waals surface area contributed by atoms with Gasteiger partial charge in [0.15, 0.2) is 5.16 Å². The van der Waals surface area contributed by atoms with Crippen molar-refractivity contribution in [3.63, 3.8) is 0 Å². The minimum absolute atomic E-state index is 0.0520. The fourth-order valence-corrected chi connectivity index (χ4v) is 6.73. The molecule has 12 nitrogen and oxygen atoms in total. The van der Waals surface area contributed by atoms with Crippen LogP contribution in [0, 0.1) is 0 Å². The van der Waals surface area contributed by atoms with Gasteiger partial charge in [-0.3, -0.25) is 9.97 Å². The highest BCUT2D eigenvalue weighted by atomic mass is 79.9. The second kappa shape index (κ2) is 17.0. The first-order chi connectivity index (χ1) is 21.4. The zero-order valence-corrected chi connectivity index (χ0v) is 34.3. The van der Waals surface area contributed by atoms with Gasteiger partial charge in [-0.15, -0.1) is 10.2 Å². The first kappa shape index (κ1) is 38.6. The fourth-order valence-electron chi connectivity index (χ4n) is 3.54. The number of thioether (sulfide) groups is 1. The van der Waals surface area contributed by atoms with Crippen LogP contribution in [0.1, 0.15) is 0 Å². The molecular formula is C28H42Br2N8O4S2Si2. The van der Waals surface area contributed by atoms with Gasteiger partial charge >= 0.3 is 0 Å². The molecule has 0 N–H and O–H groups in total. The maximum Gasteiger partial charge on any atom is 0.248 e. The molecule has 4 rings (SSSR count). The van der Waals surface area contributed by atoms with Gasteiger partial charge < -0.3 is 9.47 Å². The standard InChI is InChI=1S/C14H21BrN4O3SSi.C14H21BrN4OSSi/c1-23(20,21)14-17-13(12-6-5-11(15)9-16-12)18-19(14)10-22-7-8-24(2,3)4;1-21-14-17-13(12-6-5-11(15)9-16-12)18-19(14)10-20-7-8-22(2,3)4/h5-6,9H,7-8,10H2,1-4H3;5-6,9H,7-8,10H2,1-4H3. The Morgan fingerprint density at radius 1 is 0.761 bits per heavy atom. The molecule has 0 saturated carbocycles. The van der Waals surface area contributed by atoms with E-state index in [0.717, 1.165) is 44.7 Å². The molecule has 0 atom stereocenters. The summed E-state index contributed by atoms with van der Waals surface area (Å²) in [5.41, 5.74) is 1.27. The van der Waals surface area contributed by atoms with Crippen LogP contribution in [0.5, 0.6) is 0 Å². The van der Waals surface area contributed by atoms with Gasteiger partial charge in [0.25, 0.3) is 0 Å². The molecule has 4 aromatic rings. The summed E-state index contributed by atoms with van der Waals surface area (Å²) in [4.78, 5) is 17.2. The molecule has 0 unspecified atom stereocenters. The number of hydrogen-bond donors (Lipinski definition) is 0. The van der Waals surface area contributed by atoms with Crippen LogP contribution >= 0.6 is 43.6 Å². The number of nitrogens with zero attached hydrogens (tertiary/aromatic N) is 8. The van der Waals surface area contributed by atoms with E-state index in [4.69, 9.17) is 9.47 Å². The third-order valence-electron chi connectivity index (χ3n) is 6.12. The number of pyridine rings is 2. The summed E-state index contributed by atoms with van der Waals surface area (Å²) in [5.74, 6) is 0.891. The molecule has 4 aromatic heterocycles. The molecule has 0 bridgehead atoms. The minimum Gasteiger partial charge on any atom is -0.359 e. The summed E-state index contributed by atoms with van der Waals surface area (Å²) < 4.78 is 40.1. The van der Waals surface area contributed by atoms with E-state index in [1.807, 2.05) is 18.4 Å². The van der Waals surface area contributed by atoms with Crippen LogP contribution in [0.4, 0.5) is 0 Å². The fraction of sp³-hybridized carbons (Fsp3) is 0.500. The summed E-state index contributed by atoms with van der Waals surface area (Å²) in [6.07, 6.45) is 6.45. The Hall–Kier alpha value is -1.81. The lowest BCUT2D eigenvalue weighted by atomic mass is 10.3. The van der Waals surface area contributed by atoms with Gasteiger partial charge in [-0.1, -0.05) is 51.0 Å². The average molecular weight is 835 g/mol. The topological polar surface area (TPSA) is 140 Å². The second-order valence-corrected chi connectivity index (χ2v) is 28.6. The van der Waals surface area contributed by atoms with Crippen LogP contribution in [-0.4, -0.2) is 89.8 Å². The summed E-state index contributed by atoms with van der Waals surface area (Å²) >= 11 is 8.25. The number of rotatable bonds is 14. The Bertz CT molecular complexity index is 1660. The van der Waals surface area contributed by atoms with Crippen molar-refractivity contribution in [2.24, 2.45) is 0 Å². The third-order valence-corrected chi connectivity index (χ3v) is 12.1. The van der Waals surface area contributed by atoms with Gasteiger partial charge in [0.05, 0.1) is 0 Å². The number of halogens is 2. The first-order valence-electron chi connectivity index (χ1n) is 14.5. The third kappa shape index (κ3) is 13.0. The second-order valence-electron chi connectivity index (χ2n) is 12.8. The molecule has 0 spiro atoms. The van der Waals surface area contributed by atoms with Crippen molar-refractivity contribution in [3.05, 3.63) is 45.6 Å². The highest BCUT2D eigenvalue weighted by Gasteiger charge is 2.21. The van der Waals surface area contributed by atoms with Crippen LogP contribution in [0.2, 0.25) is 51.4 Å². The van der Waals surface area contributed by atoms with Crippen LogP contribution in [0.15, 0.2) is 55.9 Å². The molecule has 46 heavy (non-hydrogen) atoms. The van der Waals surface area contributed by atoms with Crippen molar-refractivity contribution in [1.29, 1.82) is 0 Å². The van der Waals surface area contributed by atoms with Crippen molar-refractivity contribution in [3.8, 4) is 23.0 Å². The maximum absolute atomic E-state index is 11.9. The Morgan fingerprint density at radius 2 is 1.22 bits per heavy atom. The molecule has 0 amide bonds. The lowest BCUT2D eigenvalue weighted by molar-refractivity contribution is 0.0715. The smallest absolute Gasteiger partial charge is 0.248 e. The van der Waals surface area contributed by atoms with Crippen LogP contribution < -0.4 is 0 Å². The highest BCUT2D eigenvalue weighted by Crippen LogP contribution is 2.21. The molecule has 0 fully saturated rings. The molecule has 0 aromatic carbocycles. The highest BCUT2D eigenvalue weighted by molar-refractivity contribution is 9.10. The predicted octanol–water partition coefficient (Wildman–Crippen LogP) is 6.96. The number of hydrogen-bond acceptors (Lipinski definition) is 11. The molecular weight excluding hydrogens is 792 g/mol. The average Bonchev–Trinajstić information content (AvgIpc) is 3.58. The zero-order chi connectivity index (χ0) is 34.1. The zero-order valence-electron chi connectivity index (χ0n) is 27.5. The summed E-state index contributed by atoms with van der Waals surface area (Å²) in [7, 11) is -5.77. The van der Waals surface area contributed by atoms with Crippen molar-refractivity contribution < 1.29 is 17.9 Å². The molecule has 0 aliphatic carbocycles. The van der Waals surface area contributed by atoms with Gasteiger partial charge in [-0.05, 0) is 74.5 Å². The van der Waals surface area contributed by atoms with E-state index >= 15 is 0 Å². The van der Waals surface area contributed by atoms with Gasteiger partial charge in [0.2, 0.25) is 26.6 Å². The normalized spacial score (nSPS) is 12.2. The van der Waals surface area contributed by atoms with Crippen LogP contribution in [0.25, 0.3) is 23.0 Å². The number of ether oxygens (including phenoxy) is 2. The van der Waals surface area contributed by atoms with E-state index in [-0.39, 0.29) is 17.7 Å². The van der Waals surface area contributed by atoms with Gasteiger partial charge in [-0.2, -0.15) is 9.97 Å². The largest absolute Gasteiger partial charge is 0.359 e.